The predicted octanol–water partition coefficient (Wildman–Crippen LogP) is 1.54. The third kappa shape index (κ3) is 1.41. The summed E-state index contributed by atoms with van der Waals surface area (Å²) in [5.41, 5.74) is -2.51. The molecule has 4 rings (SSSR count). The summed E-state index contributed by atoms with van der Waals surface area (Å²) in [6.45, 7) is 7.71. The summed E-state index contributed by atoms with van der Waals surface area (Å²) >= 11 is 0. The molecule has 6 heteroatoms. The highest BCUT2D eigenvalue weighted by Crippen LogP contribution is 2.72. The fraction of sp³-hybridized carbons (Fsp3) is 0.667. The van der Waals surface area contributed by atoms with Crippen molar-refractivity contribution < 1.29 is 28.5 Å². The van der Waals surface area contributed by atoms with Gasteiger partial charge in [0.2, 0.25) is 0 Å². The molecule has 0 amide bonds. The number of hydrogen-bond acceptors (Lipinski definition) is 6. The van der Waals surface area contributed by atoms with E-state index in [4.69, 9.17) is 18.9 Å². The van der Waals surface area contributed by atoms with E-state index in [2.05, 4.69) is 0 Å². The van der Waals surface area contributed by atoms with Crippen molar-refractivity contribution >= 4 is 11.9 Å². The number of fused-ring (bicyclic) bond motifs is 9. The molecule has 4 heterocycles. The average molecular weight is 334 g/mol. The highest BCUT2D eigenvalue weighted by molar-refractivity contribution is 6.05. The molecule has 4 aliphatic heterocycles. The van der Waals surface area contributed by atoms with Crippen LogP contribution in [0.1, 0.15) is 27.7 Å². The van der Waals surface area contributed by atoms with Crippen LogP contribution >= 0.6 is 0 Å². The van der Waals surface area contributed by atoms with Crippen molar-refractivity contribution in [3.8, 4) is 0 Å². The Morgan fingerprint density at radius 3 is 1.54 bits per heavy atom. The lowest BCUT2D eigenvalue weighted by Crippen LogP contribution is -2.53. The highest BCUT2D eigenvalue weighted by Gasteiger charge is 2.81. The molecule has 0 aliphatic carbocycles. The molecule has 24 heavy (non-hydrogen) atoms. The zero-order valence-electron chi connectivity index (χ0n) is 14.8. The summed E-state index contributed by atoms with van der Waals surface area (Å²) in [5, 5.41) is 0. The van der Waals surface area contributed by atoms with Gasteiger partial charge in [-0.25, -0.2) is 9.59 Å². The van der Waals surface area contributed by atoms with Crippen molar-refractivity contribution in [1.82, 2.24) is 0 Å². The average Bonchev–Trinajstić information content (AvgIpc) is 3.13. The molecule has 0 spiro atoms. The zero-order valence-corrected chi connectivity index (χ0v) is 14.8. The smallest absolute Gasteiger partial charge is 0.337 e. The van der Waals surface area contributed by atoms with Crippen molar-refractivity contribution in [2.45, 2.75) is 50.1 Å². The Bertz CT molecular complexity index is 680. The van der Waals surface area contributed by atoms with Crippen molar-refractivity contribution in [3.05, 3.63) is 23.3 Å². The molecule has 2 saturated heterocycles. The number of rotatable bonds is 2. The van der Waals surface area contributed by atoms with E-state index in [0.717, 1.165) is 0 Å². The van der Waals surface area contributed by atoms with Gasteiger partial charge >= 0.3 is 11.9 Å². The van der Waals surface area contributed by atoms with Crippen molar-refractivity contribution in [2.75, 3.05) is 14.2 Å². The van der Waals surface area contributed by atoms with Crippen LogP contribution in [0, 0.1) is 11.8 Å². The Balaban J connectivity index is 2.00. The third-order valence-corrected chi connectivity index (χ3v) is 6.39. The molecule has 6 unspecified atom stereocenters. The number of esters is 2. The van der Waals surface area contributed by atoms with E-state index in [-0.39, 0.29) is 23.0 Å². The minimum absolute atomic E-state index is 0.0903. The van der Waals surface area contributed by atoms with Gasteiger partial charge in [0.1, 0.15) is 11.2 Å². The molecular weight excluding hydrogens is 312 g/mol. The van der Waals surface area contributed by atoms with E-state index < -0.39 is 34.3 Å². The molecule has 4 bridgehead atoms. The van der Waals surface area contributed by atoms with E-state index in [0.29, 0.717) is 0 Å². The standard InChI is InChI=1S/C18H22O6/c1-15-7-8-16(2,23-15)12-11(15)17(3)9(13(19)21-5)10(14(20)22-6)18(12,4)24-17/h7-8,11-12H,1-6H3. The van der Waals surface area contributed by atoms with E-state index in [1.165, 1.54) is 14.2 Å². The van der Waals surface area contributed by atoms with Crippen LogP contribution in [0.15, 0.2) is 23.3 Å². The Morgan fingerprint density at radius 2 is 1.21 bits per heavy atom. The molecule has 0 aromatic rings. The predicted molar refractivity (Wildman–Crippen MR) is 83.0 cm³/mol. The Labute approximate surface area is 140 Å². The zero-order chi connectivity index (χ0) is 17.7. The number of carbonyl (C=O) groups is 2. The van der Waals surface area contributed by atoms with Crippen LogP contribution in [-0.2, 0) is 28.5 Å². The molecule has 2 fully saturated rings. The molecule has 4 aliphatic rings. The number of carbonyl (C=O) groups excluding carboxylic acids is 2. The third-order valence-electron chi connectivity index (χ3n) is 6.39. The van der Waals surface area contributed by atoms with Crippen LogP contribution in [0.3, 0.4) is 0 Å². The Kier molecular flexibility index (Phi) is 2.71. The minimum Gasteiger partial charge on any atom is -0.466 e. The normalized spacial score (nSPS) is 50.4. The first-order valence-corrected chi connectivity index (χ1v) is 8.10. The van der Waals surface area contributed by atoms with Gasteiger partial charge in [-0.2, -0.15) is 0 Å². The highest BCUT2D eigenvalue weighted by atomic mass is 16.6. The SMILES string of the molecule is COC(=O)C1=C(C(=O)OC)C2(C)OC1(C)C1C2C2(C)C=CC1(C)O2. The van der Waals surface area contributed by atoms with E-state index in [1.54, 1.807) is 0 Å². The first kappa shape index (κ1) is 15.8. The van der Waals surface area contributed by atoms with E-state index in [1.807, 2.05) is 39.8 Å². The van der Waals surface area contributed by atoms with Gasteiger partial charge in [-0.3, -0.25) is 0 Å². The monoisotopic (exact) mass is 334 g/mol. The summed E-state index contributed by atoms with van der Waals surface area (Å²) in [6.07, 6.45) is 4.08. The second kappa shape index (κ2) is 4.11. The number of hydrogen-bond donors (Lipinski definition) is 0. The van der Waals surface area contributed by atoms with Crippen LogP contribution in [-0.4, -0.2) is 48.6 Å². The van der Waals surface area contributed by atoms with Crippen LogP contribution < -0.4 is 0 Å². The van der Waals surface area contributed by atoms with Crippen LogP contribution in [0.25, 0.3) is 0 Å². The minimum atomic E-state index is -0.965. The van der Waals surface area contributed by atoms with Gasteiger partial charge in [0.15, 0.2) is 0 Å². The van der Waals surface area contributed by atoms with Gasteiger partial charge in [-0.15, -0.1) is 0 Å². The lowest BCUT2D eigenvalue weighted by atomic mass is 9.56. The molecule has 6 nitrogen and oxygen atoms in total. The van der Waals surface area contributed by atoms with Gasteiger partial charge in [0.05, 0.1) is 36.6 Å². The topological polar surface area (TPSA) is 71.1 Å². The van der Waals surface area contributed by atoms with Crippen molar-refractivity contribution in [3.63, 3.8) is 0 Å². The fourth-order valence-corrected chi connectivity index (χ4v) is 5.89. The summed E-state index contributed by atoms with van der Waals surface area (Å²) in [4.78, 5) is 25.1. The van der Waals surface area contributed by atoms with Crippen molar-refractivity contribution in [2.24, 2.45) is 11.8 Å². The lowest BCUT2D eigenvalue weighted by Gasteiger charge is -2.41. The van der Waals surface area contributed by atoms with Gasteiger partial charge in [0.25, 0.3) is 0 Å². The molecule has 130 valence electrons. The summed E-state index contributed by atoms with van der Waals surface area (Å²) < 4.78 is 22.7. The van der Waals surface area contributed by atoms with Gasteiger partial charge in [0, 0.05) is 11.8 Å². The van der Waals surface area contributed by atoms with Crippen LogP contribution in [0.4, 0.5) is 0 Å². The first-order valence-electron chi connectivity index (χ1n) is 8.10. The quantitative estimate of drug-likeness (QED) is 0.563. The molecule has 6 atom stereocenters. The molecular formula is C18H22O6. The van der Waals surface area contributed by atoms with Crippen molar-refractivity contribution in [1.29, 1.82) is 0 Å². The summed E-state index contributed by atoms with van der Waals surface area (Å²) in [7, 11) is 2.61. The largest absolute Gasteiger partial charge is 0.466 e. The van der Waals surface area contributed by atoms with Gasteiger partial charge < -0.3 is 18.9 Å². The van der Waals surface area contributed by atoms with Gasteiger partial charge in [-0.1, -0.05) is 12.2 Å². The molecule has 0 radical (unpaired) electrons. The first-order chi connectivity index (χ1) is 11.1. The molecule has 0 aromatic heterocycles. The van der Waals surface area contributed by atoms with E-state index in [9.17, 15) is 9.59 Å². The number of ether oxygens (including phenoxy) is 4. The Morgan fingerprint density at radius 1 is 0.833 bits per heavy atom. The van der Waals surface area contributed by atoms with E-state index >= 15 is 0 Å². The maximum Gasteiger partial charge on any atom is 0.337 e. The lowest BCUT2D eigenvalue weighted by molar-refractivity contribution is -0.143. The Hall–Kier alpha value is -1.66. The second-order valence-corrected chi connectivity index (χ2v) is 7.81. The maximum absolute atomic E-state index is 12.5. The molecule has 0 saturated carbocycles. The second-order valence-electron chi connectivity index (χ2n) is 7.81. The summed E-state index contributed by atoms with van der Waals surface area (Å²) in [6, 6.07) is 0. The van der Waals surface area contributed by atoms with Gasteiger partial charge in [-0.05, 0) is 27.7 Å². The number of methoxy groups -OCH3 is 2. The maximum atomic E-state index is 12.5. The van der Waals surface area contributed by atoms with Crippen LogP contribution in [0.5, 0.6) is 0 Å². The molecule has 0 N–H and O–H groups in total. The fourth-order valence-electron chi connectivity index (χ4n) is 5.89. The van der Waals surface area contributed by atoms with Crippen LogP contribution in [0.2, 0.25) is 0 Å². The molecule has 0 aromatic carbocycles. The summed E-state index contributed by atoms with van der Waals surface area (Å²) in [5.74, 6) is -1.29.